The first-order valence-electron chi connectivity index (χ1n) is 8.44. The minimum Gasteiger partial charge on any atom is -0.463 e. The fourth-order valence-corrected chi connectivity index (χ4v) is 2.15. The average molecular weight is 368 g/mol. The van der Waals surface area contributed by atoms with E-state index in [1.54, 1.807) is 36.4 Å². The minimum absolute atomic E-state index is 0.109. The van der Waals surface area contributed by atoms with Gasteiger partial charge in [0.25, 0.3) is 0 Å². The Hall–Kier alpha value is -3.41. The number of carbonyl (C=O) groups excluding carboxylic acids is 3. The Morgan fingerprint density at radius 2 is 1.41 bits per heavy atom. The van der Waals surface area contributed by atoms with Crippen LogP contribution in [0.25, 0.3) is 0 Å². The highest BCUT2D eigenvalue weighted by molar-refractivity contribution is 6.09. The van der Waals surface area contributed by atoms with E-state index in [1.807, 2.05) is 6.07 Å². The second-order valence-electron chi connectivity index (χ2n) is 5.50. The Balaban J connectivity index is 1.72. The zero-order valence-electron chi connectivity index (χ0n) is 14.8. The zero-order chi connectivity index (χ0) is 19.5. The van der Waals surface area contributed by atoms with Gasteiger partial charge in [0.05, 0.1) is 13.2 Å². The van der Waals surface area contributed by atoms with Crippen molar-refractivity contribution in [3.8, 4) is 5.75 Å². The van der Waals surface area contributed by atoms with Gasteiger partial charge in [0.1, 0.15) is 5.75 Å². The lowest BCUT2D eigenvalue weighted by atomic mass is 10.0. The molecule has 0 heterocycles. The molecule has 0 radical (unpaired) electrons. The smallest absolute Gasteiger partial charge is 0.463 e. The SMILES string of the molecule is C=CC(=O)OCCCCOC(=O)Oc1ccc(C(=O)c2ccccc2)cc1. The summed E-state index contributed by atoms with van der Waals surface area (Å²) in [6.07, 6.45) is 1.35. The fraction of sp³-hybridized carbons (Fsp3) is 0.190. The highest BCUT2D eigenvalue weighted by atomic mass is 16.7. The summed E-state index contributed by atoms with van der Waals surface area (Å²) in [7, 11) is 0. The van der Waals surface area contributed by atoms with E-state index in [1.165, 1.54) is 12.1 Å². The molecule has 27 heavy (non-hydrogen) atoms. The van der Waals surface area contributed by atoms with Crippen molar-refractivity contribution in [1.29, 1.82) is 0 Å². The molecule has 0 amide bonds. The zero-order valence-corrected chi connectivity index (χ0v) is 14.8. The van der Waals surface area contributed by atoms with Crippen LogP contribution in [0, 0.1) is 0 Å². The van der Waals surface area contributed by atoms with E-state index in [2.05, 4.69) is 6.58 Å². The second-order valence-corrected chi connectivity index (χ2v) is 5.50. The summed E-state index contributed by atoms with van der Waals surface area (Å²) >= 11 is 0. The first kappa shape index (κ1) is 19.9. The number of hydrogen-bond donors (Lipinski definition) is 0. The van der Waals surface area contributed by atoms with Crippen LogP contribution in [-0.4, -0.2) is 31.1 Å². The summed E-state index contributed by atoms with van der Waals surface area (Å²) in [6.45, 7) is 3.67. The Morgan fingerprint density at radius 3 is 2.04 bits per heavy atom. The van der Waals surface area contributed by atoms with Crippen LogP contribution >= 0.6 is 0 Å². The first-order valence-corrected chi connectivity index (χ1v) is 8.44. The van der Waals surface area contributed by atoms with E-state index in [9.17, 15) is 14.4 Å². The lowest BCUT2D eigenvalue weighted by molar-refractivity contribution is -0.137. The number of unbranched alkanes of at least 4 members (excludes halogenated alkanes) is 1. The third-order valence-electron chi connectivity index (χ3n) is 3.52. The van der Waals surface area contributed by atoms with Crippen LogP contribution in [0.2, 0.25) is 0 Å². The van der Waals surface area contributed by atoms with Crippen molar-refractivity contribution in [2.45, 2.75) is 12.8 Å². The van der Waals surface area contributed by atoms with Crippen molar-refractivity contribution in [1.82, 2.24) is 0 Å². The van der Waals surface area contributed by atoms with E-state index >= 15 is 0 Å². The molecule has 0 aliphatic carbocycles. The molecule has 0 unspecified atom stereocenters. The minimum atomic E-state index is -0.833. The molecular formula is C21H20O6. The monoisotopic (exact) mass is 368 g/mol. The normalized spacial score (nSPS) is 9.93. The van der Waals surface area contributed by atoms with Gasteiger partial charge in [0, 0.05) is 17.2 Å². The number of ether oxygens (including phenoxy) is 3. The average Bonchev–Trinajstić information content (AvgIpc) is 2.71. The van der Waals surface area contributed by atoms with Crippen LogP contribution in [-0.2, 0) is 14.3 Å². The lowest BCUT2D eigenvalue weighted by Gasteiger charge is -2.07. The topological polar surface area (TPSA) is 78.9 Å². The molecule has 0 spiro atoms. The Labute approximate surface area is 157 Å². The summed E-state index contributed by atoms with van der Waals surface area (Å²) in [4.78, 5) is 34.8. The molecule has 140 valence electrons. The molecule has 2 aromatic carbocycles. The Kier molecular flexibility index (Phi) is 7.78. The number of carbonyl (C=O) groups is 3. The highest BCUT2D eigenvalue weighted by Crippen LogP contribution is 2.16. The molecule has 0 saturated carbocycles. The fourth-order valence-electron chi connectivity index (χ4n) is 2.15. The number of esters is 1. The molecule has 0 bridgehead atoms. The van der Waals surface area contributed by atoms with Crippen molar-refractivity contribution in [2.24, 2.45) is 0 Å². The summed E-state index contributed by atoms with van der Waals surface area (Å²) in [6, 6.07) is 15.2. The lowest BCUT2D eigenvalue weighted by Crippen LogP contribution is -2.12. The highest BCUT2D eigenvalue weighted by Gasteiger charge is 2.10. The van der Waals surface area contributed by atoms with Crippen molar-refractivity contribution in [2.75, 3.05) is 13.2 Å². The maximum atomic E-state index is 12.3. The Bertz CT molecular complexity index is 780. The van der Waals surface area contributed by atoms with Crippen molar-refractivity contribution < 1.29 is 28.6 Å². The van der Waals surface area contributed by atoms with Gasteiger partial charge in [-0.15, -0.1) is 0 Å². The van der Waals surface area contributed by atoms with Crippen molar-refractivity contribution in [3.05, 3.63) is 78.4 Å². The molecule has 6 nitrogen and oxygen atoms in total. The van der Waals surface area contributed by atoms with Gasteiger partial charge in [-0.25, -0.2) is 9.59 Å². The van der Waals surface area contributed by atoms with Crippen LogP contribution in [0.15, 0.2) is 67.3 Å². The van der Waals surface area contributed by atoms with Gasteiger partial charge in [0.15, 0.2) is 5.78 Å². The van der Waals surface area contributed by atoms with Gasteiger partial charge in [0.2, 0.25) is 0 Å². The molecule has 2 rings (SSSR count). The number of ketones is 1. The van der Waals surface area contributed by atoms with Crippen LogP contribution < -0.4 is 4.74 Å². The molecule has 6 heteroatoms. The second kappa shape index (κ2) is 10.6. The molecule has 2 aromatic rings. The number of rotatable bonds is 9. The molecule has 0 aliphatic heterocycles. The molecule has 0 aliphatic rings. The number of hydrogen-bond acceptors (Lipinski definition) is 6. The molecule has 0 saturated heterocycles. The van der Waals surface area contributed by atoms with E-state index in [0.29, 0.717) is 24.0 Å². The van der Waals surface area contributed by atoms with Gasteiger partial charge < -0.3 is 14.2 Å². The predicted octanol–water partition coefficient (Wildman–Crippen LogP) is 3.94. The molecule has 0 fully saturated rings. The van der Waals surface area contributed by atoms with E-state index in [-0.39, 0.29) is 24.7 Å². The van der Waals surface area contributed by atoms with E-state index < -0.39 is 12.1 Å². The van der Waals surface area contributed by atoms with Crippen molar-refractivity contribution in [3.63, 3.8) is 0 Å². The van der Waals surface area contributed by atoms with Gasteiger partial charge in [-0.05, 0) is 37.1 Å². The summed E-state index contributed by atoms with van der Waals surface area (Å²) in [5.41, 5.74) is 1.08. The van der Waals surface area contributed by atoms with Gasteiger partial charge >= 0.3 is 12.1 Å². The summed E-state index contributed by atoms with van der Waals surface area (Å²) < 4.78 is 14.8. The standard InChI is InChI=1S/C21H20O6/c1-2-19(22)25-14-6-7-15-26-21(24)27-18-12-10-17(11-13-18)20(23)16-8-4-3-5-9-16/h2-5,8-13H,1,6-7,14-15H2. The van der Waals surface area contributed by atoms with Crippen LogP contribution in [0.3, 0.4) is 0 Å². The van der Waals surface area contributed by atoms with Gasteiger partial charge in [-0.2, -0.15) is 0 Å². The largest absolute Gasteiger partial charge is 0.513 e. The van der Waals surface area contributed by atoms with Crippen LogP contribution in [0.4, 0.5) is 4.79 Å². The maximum Gasteiger partial charge on any atom is 0.513 e. The van der Waals surface area contributed by atoms with Crippen LogP contribution in [0.1, 0.15) is 28.8 Å². The van der Waals surface area contributed by atoms with Gasteiger partial charge in [-0.3, -0.25) is 4.79 Å². The maximum absolute atomic E-state index is 12.3. The third kappa shape index (κ3) is 6.78. The molecular weight excluding hydrogens is 348 g/mol. The van der Waals surface area contributed by atoms with Gasteiger partial charge in [-0.1, -0.05) is 36.9 Å². The van der Waals surface area contributed by atoms with Crippen molar-refractivity contribution >= 4 is 17.9 Å². The summed E-state index contributed by atoms with van der Waals surface area (Å²) in [5.74, 6) is -0.309. The van der Waals surface area contributed by atoms with E-state index in [4.69, 9.17) is 14.2 Å². The van der Waals surface area contributed by atoms with Crippen LogP contribution in [0.5, 0.6) is 5.75 Å². The predicted molar refractivity (Wildman–Crippen MR) is 98.7 cm³/mol. The summed E-state index contributed by atoms with van der Waals surface area (Å²) in [5, 5.41) is 0. The molecule has 0 N–H and O–H groups in total. The Morgan fingerprint density at radius 1 is 0.815 bits per heavy atom. The molecule has 0 atom stereocenters. The first-order chi connectivity index (χ1) is 13.1. The number of benzene rings is 2. The quantitative estimate of drug-likeness (QED) is 0.219. The van der Waals surface area contributed by atoms with E-state index in [0.717, 1.165) is 6.08 Å². The third-order valence-corrected chi connectivity index (χ3v) is 3.52. The molecule has 0 aromatic heterocycles.